The zero-order valence-electron chi connectivity index (χ0n) is 11.2. The molecule has 0 aliphatic carbocycles. The number of urea groups is 1. The largest absolute Gasteiger partial charge is 0.383 e. The summed E-state index contributed by atoms with van der Waals surface area (Å²) < 4.78 is 0. The molecule has 1 aromatic rings. The van der Waals surface area contributed by atoms with Gasteiger partial charge in [0.05, 0.1) is 0 Å². The lowest BCUT2D eigenvalue weighted by Gasteiger charge is -2.16. The van der Waals surface area contributed by atoms with E-state index < -0.39 is 5.54 Å². The van der Waals surface area contributed by atoms with Crippen LogP contribution >= 0.6 is 23.2 Å². The van der Waals surface area contributed by atoms with Gasteiger partial charge in [-0.25, -0.2) is 4.79 Å². The normalized spacial score (nSPS) is 17.3. The molecular weight excluding hydrogens is 301 g/mol. The van der Waals surface area contributed by atoms with E-state index >= 15 is 0 Å². The number of benzene rings is 1. The van der Waals surface area contributed by atoms with Crippen molar-refractivity contribution in [3.05, 3.63) is 28.2 Å². The Labute approximate surface area is 127 Å². The van der Waals surface area contributed by atoms with E-state index in [2.05, 4.69) is 10.6 Å². The van der Waals surface area contributed by atoms with Crippen LogP contribution in [-0.2, 0) is 4.79 Å². The SMILES string of the molecule is CC1(C)NC(=O)N(CCNc2cc(Cl)cc(Cl)c2)C1=O. The van der Waals surface area contributed by atoms with Gasteiger partial charge in [-0.15, -0.1) is 0 Å². The first kappa shape index (κ1) is 14.9. The molecule has 1 heterocycles. The van der Waals surface area contributed by atoms with Crippen molar-refractivity contribution < 1.29 is 9.59 Å². The second-order valence-corrected chi connectivity index (χ2v) is 5.97. The fourth-order valence-corrected chi connectivity index (χ4v) is 2.51. The molecular formula is C13H15Cl2N3O2. The van der Waals surface area contributed by atoms with Gasteiger partial charge >= 0.3 is 6.03 Å². The molecule has 108 valence electrons. The van der Waals surface area contributed by atoms with Crippen LogP contribution in [0.2, 0.25) is 10.0 Å². The van der Waals surface area contributed by atoms with Crippen LogP contribution in [0, 0.1) is 0 Å². The minimum absolute atomic E-state index is 0.228. The van der Waals surface area contributed by atoms with Gasteiger partial charge in [0.15, 0.2) is 0 Å². The van der Waals surface area contributed by atoms with Gasteiger partial charge in [0, 0.05) is 28.8 Å². The van der Waals surface area contributed by atoms with Gasteiger partial charge in [-0.3, -0.25) is 9.69 Å². The van der Waals surface area contributed by atoms with Crippen LogP contribution in [0.1, 0.15) is 13.8 Å². The van der Waals surface area contributed by atoms with Crippen LogP contribution < -0.4 is 10.6 Å². The van der Waals surface area contributed by atoms with Crippen LogP contribution in [0.25, 0.3) is 0 Å². The monoisotopic (exact) mass is 315 g/mol. The van der Waals surface area contributed by atoms with Crippen molar-refractivity contribution in [1.29, 1.82) is 0 Å². The number of carbonyl (C=O) groups is 2. The third-order valence-corrected chi connectivity index (χ3v) is 3.41. The summed E-state index contributed by atoms with van der Waals surface area (Å²) in [6.45, 7) is 4.05. The summed E-state index contributed by atoms with van der Waals surface area (Å²) in [6.07, 6.45) is 0. The maximum atomic E-state index is 12.0. The molecule has 2 N–H and O–H groups in total. The van der Waals surface area contributed by atoms with E-state index in [0.717, 1.165) is 5.69 Å². The molecule has 1 fully saturated rings. The molecule has 3 amide bonds. The Morgan fingerprint density at radius 2 is 1.80 bits per heavy atom. The van der Waals surface area contributed by atoms with Gasteiger partial charge in [-0.05, 0) is 32.0 Å². The summed E-state index contributed by atoms with van der Waals surface area (Å²) in [5.74, 6) is -0.228. The van der Waals surface area contributed by atoms with Crippen molar-refractivity contribution in [3.8, 4) is 0 Å². The third kappa shape index (κ3) is 3.16. The number of rotatable bonds is 4. The second kappa shape index (κ2) is 5.50. The Bertz CT molecular complexity index is 540. The summed E-state index contributed by atoms with van der Waals surface area (Å²) in [4.78, 5) is 24.8. The fraction of sp³-hybridized carbons (Fsp3) is 0.385. The van der Waals surface area contributed by atoms with E-state index in [1.165, 1.54) is 4.90 Å². The van der Waals surface area contributed by atoms with Crippen LogP contribution in [-0.4, -0.2) is 35.5 Å². The maximum absolute atomic E-state index is 12.0. The topological polar surface area (TPSA) is 61.4 Å². The first-order valence-corrected chi connectivity index (χ1v) is 6.89. The average Bonchev–Trinajstić information content (AvgIpc) is 2.49. The Kier molecular flexibility index (Phi) is 4.11. The zero-order valence-corrected chi connectivity index (χ0v) is 12.7. The quantitative estimate of drug-likeness (QED) is 0.840. The van der Waals surface area contributed by atoms with Gasteiger partial charge in [0.25, 0.3) is 5.91 Å². The minimum Gasteiger partial charge on any atom is -0.383 e. The molecule has 20 heavy (non-hydrogen) atoms. The number of amides is 3. The van der Waals surface area contributed by atoms with Crippen LogP contribution in [0.5, 0.6) is 0 Å². The standard InChI is InChI=1S/C13H15Cl2N3O2/c1-13(2)11(19)18(12(20)17-13)4-3-16-10-6-8(14)5-9(15)7-10/h5-7,16H,3-4H2,1-2H3,(H,17,20). The fourth-order valence-electron chi connectivity index (χ4n) is 1.99. The zero-order chi connectivity index (χ0) is 14.9. The molecule has 0 unspecified atom stereocenters. The molecule has 1 aliphatic rings. The molecule has 0 saturated carbocycles. The molecule has 1 saturated heterocycles. The Hall–Kier alpha value is -1.46. The number of anilines is 1. The first-order valence-electron chi connectivity index (χ1n) is 6.14. The minimum atomic E-state index is -0.837. The van der Waals surface area contributed by atoms with Gasteiger partial charge in [-0.1, -0.05) is 23.2 Å². The lowest BCUT2D eigenvalue weighted by molar-refractivity contribution is -0.130. The summed E-state index contributed by atoms with van der Waals surface area (Å²) >= 11 is 11.8. The van der Waals surface area contributed by atoms with Crippen LogP contribution in [0.3, 0.4) is 0 Å². The van der Waals surface area contributed by atoms with E-state index in [0.29, 0.717) is 16.6 Å². The lowest BCUT2D eigenvalue weighted by Crippen LogP contribution is -2.40. The van der Waals surface area contributed by atoms with E-state index in [-0.39, 0.29) is 18.5 Å². The number of nitrogens with zero attached hydrogens (tertiary/aromatic N) is 1. The average molecular weight is 316 g/mol. The summed E-state index contributed by atoms with van der Waals surface area (Å²) in [7, 11) is 0. The Morgan fingerprint density at radius 1 is 1.20 bits per heavy atom. The molecule has 0 spiro atoms. The summed E-state index contributed by atoms with van der Waals surface area (Å²) in [6, 6.07) is 4.71. The van der Waals surface area contributed by atoms with Crippen molar-refractivity contribution in [2.75, 3.05) is 18.4 Å². The van der Waals surface area contributed by atoms with E-state index in [9.17, 15) is 9.59 Å². The van der Waals surface area contributed by atoms with Crippen molar-refractivity contribution in [1.82, 2.24) is 10.2 Å². The lowest BCUT2D eigenvalue weighted by atomic mass is 10.1. The molecule has 1 aliphatic heterocycles. The summed E-state index contributed by atoms with van der Waals surface area (Å²) in [5.41, 5.74) is -0.0926. The number of nitrogens with one attached hydrogen (secondary N) is 2. The first-order chi connectivity index (χ1) is 9.29. The number of hydrogen-bond acceptors (Lipinski definition) is 3. The predicted octanol–water partition coefficient (Wildman–Crippen LogP) is 2.74. The van der Waals surface area contributed by atoms with Gasteiger partial charge in [0.2, 0.25) is 0 Å². The van der Waals surface area contributed by atoms with Crippen LogP contribution in [0.15, 0.2) is 18.2 Å². The molecule has 5 nitrogen and oxygen atoms in total. The van der Waals surface area contributed by atoms with Crippen molar-refractivity contribution in [3.63, 3.8) is 0 Å². The highest BCUT2D eigenvalue weighted by atomic mass is 35.5. The highest BCUT2D eigenvalue weighted by molar-refractivity contribution is 6.35. The third-order valence-electron chi connectivity index (χ3n) is 2.97. The molecule has 1 aromatic carbocycles. The highest BCUT2D eigenvalue weighted by Crippen LogP contribution is 2.22. The van der Waals surface area contributed by atoms with E-state index in [4.69, 9.17) is 23.2 Å². The number of halogens is 2. The van der Waals surface area contributed by atoms with Gasteiger partial charge < -0.3 is 10.6 Å². The Morgan fingerprint density at radius 3 is 2.30 bits per heavy atom. The molecule has 0 aromatic heterocycles. The number of imide groups is 1. The van der Waals surface area contributed by atoms with Crippen LogP contribution in [0.4, 0.5) is 10.5 Å². The van der Waals surface area contributed by atoms with E-state index in [1.807, 2.05) is 0 Å². The number of hydrogen-bond donors (Lipinski definition) is 2. The molecule has 0 bridgehead atoms. The predicted molar refractivity (Wildman–Crippen MR) is 79.3 cm³/mol. The van der Waals surface area contributed by atoms with Crippen molar-refractivity contribution in [2.45, 2.75) is 19.4 Å². The molecule has 2 rings (SSSR count). The summed E-state index contributed by atoms with van der Waals surface area (Å²) in [5, 5.41) is 6.75. The van der Waals surface area contributed by atoms with E-state index in [1.54, 1.807) is 32.0 Å². The second-order valence-electron chi connectivity index (χ2n) is 5.10. The van der Waals surface area contributed by atoms with Crippen molar-refractivity contribution in [2.24, 2.45) is 0 Å². The van der Waals surface area contributed by atoms with Crippen molar-refractivity contribution >= 4 is 40.8 Å². The number of carbonyl (C=O) groups excluding carboxylic acids is 2. The smallest absolute Gasteiger partial charge is 0.325 e. The van der Waals surface area contributed by atoms with Gasteiger partial charge in [0.1, 0.15) is 5.54 Å². The Balaban J connectivity index is 1.93. The maximum Gasteiger partial charge on any atom is 0.325 e. The highest BCUT2D eigenvalue weighted by Gasteiger charge is 2.43. The molecule has 7 heteroatoms. The molecule has 0 radical (unpaired) electrons. The van der Waals surface area contributed by atoms with Gasteiger partial charge in [-0.2, -0.15) is 0 Å². The molecule has 0 atom stereocenters.